The number of Topliss-reactive ketones (excluding diaryl/α,β-unsaturated/α-hetero) is 1. The highest BCUT2D eigenvalue weighted by Crippen LogP contribution is 2.44. The van der Waals surface area contributed by atoms with Gasteiger partial charge in [0.1, 0.15) is 11.5 Å². The largest absolute Gasteiger partial charge is 0.507 e. The van der Waals surface area contributed by atoms with Gasteiger partial charge in [0, 0.05) is 17.1 Å². The van der Waals surface area contributed by atoms with Crippen molar-refractivity contribution >= 4 is 33.9 Å². The van der Waals surface area contributed by atoms with E-state index in [0.717, 1.165) is 12.8 Å². The van der Waals surface area contributed by atoms with Crippen molar-refractivity contribution in [3.8, 4) is 17.2 Å². The average molecular weight is 495 g/mol. The average Bonchev–Trinajstić information content (AvgIpc) is 3.47. The minimum atomic E-state index is -0.967. The van der Waals surface area contributed by atoms with Gasteiger partial charge in [-0.15, -0.1) is 11.3 Å². The van der Waals surface area contributed by atoms with E-state index in [-0.39, 0.29) is 22.8 Å². The van der Waals surface area contributed by atoms with Crippen molar-refractivity contribution in [2.75, 3.05) is 18.1 Å². The normalized spacial score (nSPS) is 17.1. The molecular formula is C26H26N2O6S. The number of aliphatic hydroxyl groups excluding tert-OH is 1. The Morgan fingerprint density at radius 1 is 1.14 bits per heavy atom. The van der Waals surface area contributed by atoms with Gasteiger partial charge in [-0.2, -0.15) is 0 Å². The quantitative estimate of drug-likeness (QED) is 0.185. The first kappa shape index (κ1) is 24.3. The Kier molecular flexibility index (Phi) is 7.36. The number of thiazole rings is 1. The van der Waals surface area contributed by atoms with Crippen LogP contribution in [0.1, 0.15) is 43.9 Å². The van der Waals surface area contributed by atoms with Gasteiger partial charge >= 0.3 is 5.91 Å². The van der Waals surface area contributed by atoms with E-state index in [1.165, 1.54) is 28.5 Å². The molecular weight excluding hydrogens is 468 g/mol. The van der Waals surface area contributed by atoms with E-state index in [9.17, 15) is 19.8 Å². The number of carbonyl (C=O) groups is 2. The predicted octanol–water partition coefficient (Wildman–Crippen LogP) is 5.05. The van der Waals surface area contributed by atoms with Crippen LogP contribution in [0, 0.1) is 0 Å². The number of hydrogen-bond acceptors (Lipinski definition) is 8. The summed E-state index contributed by atoms with van der Waals surface area (Å²) in [7, 11) is 0. The van der Waals surface area contributed by atoms with Gasteiger partial charge in [-0.1, -0.05) is 31.5 Å². The highest BCUT2D eigenvalue weighted by atomic mass is 32.1. The van der Waals surface area contributed by atoms with Crippen LogP contribution in [0.3, 0.4) is 0 Å². The summed E-state index contributed by atoms with van der Waals surface area (Å²) in [4.78, 5) is 31.9. The van der Waals surface area contributed by atoms with E-state index in [4.69, 9.17) is 9.47 Å². The van der Waals surface area contributed by atoms with E-state index in [2.05, 4.69) is 11.9 Å². The lowest BCUT2D eigenvalue weighted by atomic mass is 9.95. The third-order valence-corrected chi connectivity index (χ3v) is 6.31. The summed E-state index contributed by atoms with van der Waals surface area (Å²) in [6.45, 7) is 4.69. The van der Waals surface area contributed by atoms with Crippen LogP contribution in [-0.2, 0) is 9.59 Å². The van der Waals surface area contributed by atoms with Gasteiger partial charge in [0.2, 0.25) is 0 Å². The van der Waals surface area contributed by atoms with Crippen molar-refractivity contribution in [1.29, 1.82) is 0 Å². The lowest BCUT2D eigenvalue weighted by Crippen LogP contribution is -2.29. The zero-order valence-electron chi connectivity index (χ0n) is 19.4. The van der Waals surface area contributed by atoms with E-state index < -0.39 is 17.7 Å². The number of carbonyl (C=O) groups excluding carboxylic acids is 2. The monoisotopic (exact) mass is 494 g/mol. The third-order valence-electron chi connectivity index (χ3n) is 5.54. The highest BCUT2D eigenvalue weighted by molar-refractivity contribution is 7.14. The fraction of sp³-hybridized carbons (Fsp3) is 0.269. The molecule has 3 aromatic rings. The Labute approximate surface area is 207 Å². The van der Waals surface area contributed by atoms with Gasteiger partial charge in [-0.25, -0.2) is 4.98 Å². The van der Waals surface area contributed by atoms with Gasteiger partial charge in [0.15, 0.2) is 16.6 Å². The van der Waals surface area contributed by atoms with E-state index in [0.29, 0.717) is 35.2 Å². The molecule has 0 bridgehead atoms. The van der Waals surface area contributed by atoms with Gasteiger partial charge in [0.05, 0.1) is 24.8 Å². The molecule has 1 fully saturated rings. The molecule has 8 nitrogen and oxygen atoms in total. The lowest BCUT2D eigenvalue weighted by molar-refractivity contribution is -0.132. The Bertz CT molecular complexity index is 1250. The first-order valence-corrected chi connectivity index (χ1v) is 12.2. The Hall–Kier alpha value is -3.85. The molecule has 1 unspecified atom stereocenters. The fourth-order valence-corrected chi connectivity index (χ4v) is 4.54. The van der Waals surface area contributed by atoms with Gasteiger partial charge in [-0.3, -0.25) is 14.5 Å². The maximum absolute atomic E-state index is 13.2. The minimum absolute atomic E-state index is 0.0706. The molecule has 2 heterocycles. The minimum Gasteiger partial charge on any atom is -0.507 e. The molecule has 1 amide bonds. The van der Waals surface area contributed by atoms with Crippen molar-refractivity contribution in [2.24, 2.45) is 0 Å². The second-order valence-electron chi connectivity index (χ2n) is 7.87. The molecule has 0 radical (unpaired) electrons. The molecule has 1 aromatic heterocycles. The zero-order valence-corrected chi connectivity index (χ0v) is 20.2. The lowest BCUT2D eigenvalue weighted by Gasteiger charge is -2.23. The number of aromatic hydroxyl groups is 1. The van der Waals surface area contributed by atoms with Crippen molar-refractivity contribution in [3.05, 3.63) is 70.7 Å². The van der Waals surface area contributed by atoms with Crippen LogP contribution in [0.2, 0.25) is 0 Å². The summed E-state index contributed by atoms with van der Waals surface area (Å²) in [5.74, 6) is -1.26. The zero-order chi connectivity index (χ0) is 24.9. The van der Waals surface area contributed by atoms with Crippen LogP contribution in [0.4, 0.5) is 5.13 Å². The van der Waals surface area contributed by atoms with Gasteiger partial charge < -0.3 is 19.7 Å². The van der Waals surface area contributed by atoms with Crippen LogP contribution in [0.25, 0.3) is 5.76 Å². The summed E-state index contributed by atoms with van der Waals surface area (Å²) < 4.78 is 11.3. The smallest absolute Gasteiger partial charge is 0.301 e. The molecule has 9 heteroatoms. The molecule has 1 aliphatic heterocycles. The maximum atomic E-state index is 13.2. The van der Waals surface area contributed by atoms with Gasteiger partial charge in [0.25, 0.3) is 5.78 Å². The fourth-order valence-electron chi connectivity index (χ4n) is 3.88. The molecule has 0 saturated carbocycles. The van der Waals surface area contributed by atoms with Crippen molar-refractivity contribution < 1.29 is 29.3 Å². The number of aliphatic hydroxyl groups is 1. The molecule has 1 saturated heterocycles. The summed E-state index contributed by atoms with van der Waals surface area (Å²) in [6, 6.07) is 10.4. The number of amides is 1. The number of nitrogens with zero attached hydrogens (tertiary/aromatic N) is 2. The van der Waals surface area contributed by atoms with Crippen LogP contribution in [0.5, 0.6) is 17.2 Å². The number of phenolic OH excluding ortho intramolecular Hbond substituents is 1. The summed E-state index contributed by atoms with van der Waals surface area (Å²) >= 11 is 1.20. The third kappa shape index (κ3) is 4.85. The first-order valence-electron chi connectivity index (χ1n) is 11.4. The number of phenols is 1. The Balaban J connectivity index is 1.85. The molecule has 4 rings (SSSR count). The standard InChI is InChI=1S/C26H26N2O6S/c1-3-5-12-34-18-8-6-7-17(14-18)23(30)21-22(16-9-10-19(29)20(15-16)33-4-2)28(25(32)24(21)31)26-27-11-13-35-26/h6-11,13-15,22,29-30H,3-5,12H2,1-2H3/b23-21+. The molecule has 1 atom stereocenters. The van der Waals surface area contributed by atoms with Crippen LogP contribution < -0.4 is 14.4 Å². The SMILES string of the molecule is CCCCOc1cccc(/C(O)=C2\C(=O)C(=O)N(c3nccs3)C2c2ccc(O)c(OCC)c2)c1. The highest BCUT2D eigenvalue weighted by Gasteiger charge is 2.48. The Morgan fingerprint density at radius 2 is 1.97 bits per heavy atom. The predicted molar refractivity (Wildman–Crippen MR) is 133 cm³/mol. The topological polar surface area (TPSA) is 109 Å². The van der Waals surface area contributed by atoms with Crippen molar-refractivity contribution in [3.63, 3.8) is 0 Å². The summed E-state index contributed by atoms with van der Waals surface area (Å²) in [6.07, 6.45) is 3.41. The second kappa shape index (κ2) is 10.6. The molecule has 0 spiro atoms. The molecule has 182 valence electrons. The van der Waals surface area contributed by atoms with Crippen LogP contribution in [0.15, 0.2) is 59.6 Å². The summed E-state index contributed by atoms with van der Waals surface area (Å²) in [5.41, 5.74) is 0.756. The molecule has 0 aliphatic carbocycles. The first-order chi connectivity index (χ1) is 17.0. The number of ether oxygens (including phenoxy) is 2. The van der Waals surface area contributed by atoms with Crippen molar-refractivity contribution in [1.82, 2.24) is 4.98 Å². The molecule has 35 heavy (non-hydrogen) atoms. The van der Waals surface area contributed by atoms with Crippen LogP contribution in [-0.4, -0.2) is 40.1 Å². The number of benzene rings is 2. The van der Waals surface area contributed by atoms with E-state index in [1.807, 2.05) is 0 Å². The molecule has 2 aromatic carbocycles. The van der Waals surface area contributed by atoms with E-state index >= 15 is 0 Å². The number of hydrogen-bond donors (Lipinski definition) is 2. The molecule has 2 N–H and O–H groups in total. The number of anilines is 1. The Morgan fingerprint density at radius 3 is 2.69 bits per heavy atom. The molecule has 1 aliphatic rings. The second-order valence-corrected chi connectivity index (χ2v) is 8.75. The number of rotatable bonds is 9. The van der Waals surface area contributed by atoms with E-state index in [1.54, 1.807) is 48.7 Å². The number of unbranched alkanes of at least 4 members (excludes halogenated alkanes) is 1. The number of ketones is 1. The van der Waals surface area contributed by atoms with Gasteiger partial charge in [-0.05, 0) is 43.2 Å². The van der Waals surface area contributed by atoms with Crippen molar-refractivity contribution in [2.45, 2.75) is 32.7 Å². The summed E-state index contributed by atoms with van der Waals surface area (Å²) in [5, 5.41) is 23.5. The maximum Gasteiger partial charge on any atom is 0.301 e. The van der Waals surface area contributed by atoms with Crippen LogP contribution >= 0.6 is 11.3 Å². The number of aromatic nitrogens is 1.